The van der Waals surface area contributed by atoms with Crippen LogP contribution < -0.4 is 5.32 Å². The maximum Gasteiger partial charge on any atom is 0.0595 e. The molecule has 2 rings (SSSR count). The molecule has 0 fully saturated rings. The van der Waals surface area contributed by atoms with Gasteiger partial charge in [-0.15, -0.1) is 0 Å². The van der Waals surface area contributed by atoms with Gasteiger partial charge >= 0.3 is 0 Å². The van der Waals surface area contributed by atoms with Gasteiger partial charge in [0, 0.05) is 6.04 Å². The fraction of sp³-hybridized carbons (Fsp3) is 0.294. The van der Waals surface area contributed by atoms with Gasteiger partial charge in [-0.05, 0) is 61.7 Å². The van der Waals surface area contributed by atoms with Gasteiger partial charge in [0.15, 0.2) is 0 Å². The number of nitrogens with one attached hydrogen (secondary N) is 1. The second-order valence-corrected chi connectivity index (χ2v) is 5.95. The minimum absolute atomic E-state index is 0.270. The van der Waals surface area contributed by atoms with Crippen LogP contribution in [0.25, 0.3) is 0 Å². The van der Waals surface area contributed by atoms with Crippen LogP contribution in [-0.4, -0.2) is 7.05 Å². The summed E-state index contributed by atoms with van der Waals surface area (Å²) in [6, 6.07) is 12.7. The van der Waals surface area contributed by atoms with Gasteiger partial charge in [0.2, 0.25) is 0 Å². The molecule has 20 heavy (non-hydrogen) atoms. The topological polar surface area (TPSA) is 12.0 Å². The number of rotatable bonds is 4. The van der Waals surface area contributed by atoms with E-state index in [4.69, 9.17) is 23.2 Å². The lowest BCUT2D eigenvalue weighted by molar-refractivity contribution is 0.591. The van der Waals surface area contributed by atoms with Crippen LogP contribution in [0.5, 0.6) is 0 Å². The Balaban J connectivity index is 2.23. The summed E-state index contributed by atoms with van der Waals surface area (Å²) in [5.74, 6) is 0. The van der Waals surface area contributed by atoms with Crippen LogP contribution in [0.1, 0.15) is 28.3 Å². The Kier molecular flexibility index (Phi) is 5.09. The second-order valence-electron chi connectivity index (χ2n) is 5.14. The molecular formula is C17H19Cl2N. The highest BCUT2D eigenvalue weighted by atomic mass is 35.5. The van der Waals surface area contributed by atoms with E-state index in [1.807, 2.05) is 25.2 Å². The Bertz CT molecular complexity index is 608. The van der Waals surface area contributed by atoms with Crippen LogP contribution in [-0.2, 0) is 6.42 Å². The number of hydrogen-bond acceptors (Lipinski definition) is 1. The van der Waals surface area contributed by atoms with E-state index in [1.54, 1.807) is 0 Å². The molecule has 0 aliphatic heterocycles. The third kappa shape index (κ3) is 3.54. The molecule has 0 radical (unpaired) electrons. The van der Waals surface area contributed by atoms with E-state index in [2.05, 4.69) is 37.4 Å². The van der Waals surface area contributed by atoms with E-state index >= 15 is 0 Å². The van der Waals surface area contributed by atoms with Gasteiger partial charge in [0.25, 0.3) is 0 Å². The summed E-state index contributed by atoms with van der Waals surface area (Å²) in [5, 5.41) is 4.58. The van der Waals surface area contributed by atoms with Crippen LogP contribution in [0.15, 0.2) is 36.4 Å². The van der Waals surface area contributed by atoms with Crippen LogP contribution >= 0.6 is 23.2 Å². The minimum Gasteiger partial charge on any atom is -0.313 e. The van der Waals surface area contributed by atoms with Crippen molar-refractivity contribution in [2.75, 3.05) is 7.05 Å². The highest BCUT2D eigenvalue weighted by Gasteiger charge is 2.11. The first-order valence-corrected chi connectivity index (χ1v) is 7.45. The maximum absolute atomic E-state index is 6.08. The normalized spacial score (nSPS) is 12.4. The standard InChI is InChI=1S/C17H19Cl2N/c1-11-4-6-14(8-12(11)2)17(20-3)10-13-5-7-15(18)16(19)9-13/h4-9,17,20H,10H2,1-3H3. The number of halogens is 2. The van der Waals surface area contributed by atoms with Crippen molar-refractivity contribution in [3.05, 3.63) is 68.7 Å². The average Bonchev–Trinajstić information content (AvgIpc) is 2.43. The molecule has 0 bridgehead atoms. The summed E-state index contributed by atoms with van der Waals surface area (Å²) < 4.78 is 0. The molecular weight excluding hydrogens is 289 g/mol. The van der Waals surface area contributed by atoms with Crippen molar-refractivity contribution in [3.63, 3.8) is 0 Å². The van der Waals surface area contributed by atoms with Gasteiger partial charge < -0.3 is 5.32 Å². The molecule has 1 N–H and O–H groups in total. The van der Waals surface area contributed by atoms with E-state index in [0.717, 1.165) is 6.42 Å². The zero-order chi connectivity index (χ0) is 14.7. The summed E-state index contributed by atoms with van der Waals surface area (Å²) in [4.78, 5) is 0. The number of likely N-dealkylation sites (N-methyl/N-ethyl adjacent to an activating group) is 1. The third-order valence-electron chi connectivity index (χ3n) is 3.71. The molecule has 106 valence electrons. The molecule has 0 saturated heterocycles. The Morgan fingerprint density at radius 3 is 2.30 bits per heavy atom. The van der Waals surface area contributed by atoms with Gasteiger partial charge in [-0.1, -0.05) is 47.5 Å². The Labute approximate surface area is 130 Å². The molecule has 1 unspecified atom stereocenters. The third-order valence-corrected chi connectivity index (χ3v) is 4.44. The predicted octanol–water partition coefficient (Wildman–Crippen LogP) is 5.11. The lowest BCUT2D eigenvalue weighted by Gasteiger charge is -2.18. The monoisotopic (exact) mass is 307 g/mol. The van der Waals surface area contributed by atoms with Gasteiger partial charge in [0.1, 0.15) is 0 Å². The molecule has 0 saturated carbocycles. The van der Waals surface area contributed by atoms with E-state index in [9.17, 15) is 0 Å². The van der Waals surface area contributed by atoms with E-state index < -0.39 is 0 Å². The molecule has 0 spiro atoms. The molecule has 1 atom stereocenters. The van der Waals surface area contributed by atoms with Gasteiger partial charge in [-0.3, -0.25) is 0 Å². The first-order chi connectivity index (χ1) is 9.51. The van der Waals surface area contributed by atoms with Gasteiger partial charge in [-0.25, -0.2) is 0 Å². The smallest absolute Gasteiger partial charge is 0.0595 e. The quantitative estimate of drug-likeness (QED) is 0.827. The molecule has 0 amide bonds. The Morgan fingerprint density at radius 2 is 1.70 bits per heavy atom. The van der Waals surface area contributed by atoms with Crippen LogP contribution in [0.3, 0.4) is 0 Å². The molecule has 1 nitrogen and oxygen atoms in total. The Hall–Kier alpha value is -1.02. The Morgan fingerprint density at radius 1 is 0.950 bits per heavy atom. The molecule has 0 heterocycles. The van der Waals surface area contributed by atoms with Gasteiger partial charge in [0.05, 0.1) is 10.0 Å². The zero-order valence-electron chi connectivity index (χ0n) is 12.0. The summed E-state index contributed by atoms with van der Waals surface area (Å²) in [6.45, 7) is 4.27. The van der Waals surface area contributed by atoms with Crippen molar-refractivity contribution >= 4 is 23.2 Å². The lowest BCUT2D eigenvalue weighted by atomic mass is 9.96. The van der Waals surface area contributed by atoms with Crippen molar-refractivity contribution in [2.45, 2.75) is 26.3 Å². The van der Waals surface area contributed by atoms with Crippen molar-refractivity contribution in [3.8, 4) is 0 Å². The first-order valence-electron chi connectivity index (χ1n) is 6.69. The molecule has 0 aliphatic carbocycles. The van der Waals surface area contributed by atoms with Crippen LogP contribution in [0.4, 0.5) is 0 Å². The average molecular weight is 308 g/mol. The van der Waals surface area contributed by atoms with Crippen molar-refractivity contribution < 1.29 is 0 Å². The summed E-state index contributed by atoms with van der Waals surface area (Å²) >= 11 is 12.0. The summed E-state index contributed by atoms with van der Waals surface area (Å²) in [5.41, 5.74) is 5.11. The SMILES string of the molecule is CNC(Cc1ccc(Cl)c(Cl)c1)c1ccc(C)c(C)c1. The molecule has 2 aromatic rings. The molecule has 3 heteroatoms. The van der Waals surface area contributed by atoms with E-state index in [0.29, 0.717) is 10.0 Å². The summed E-state index contributed by atoms with van der Waals surface area (Å²) in [7, 11) is 1.98. The minimum atomic E-state index is 0.270. The van der Waals surface area contributed by atoms with Crippen molar-refractivity contribution in [2.24, 2.45) is 0 Å². The predicted molar refractivity (Wildman–Crippen MR) is 87.9 cm³/mol. The highest BCUT2D eigenvalue weighted by Crippen LogP contribution is 2.26. The highest BCUT2D eigenvalue weighted by molar-refractivity contribution is 6.42. The molecule has 0 aromatic heterocycles. The second kappa shape index (κ2) is 6.62. The van der Waals surface area contributed by atoms with E-state index in [1.165, 1.54) is 22.3 Å². The maximum atomic E-state index is 6.08. The molecule has 0 aliphatic rings. The first kappa shape index (κ1) is 15.4. The fourth-order valence-corrected chi connectivity index (χ4v) is 2.59. The fourth-order valence-electron chi connectivity index (χ4n) is 2.27. The lowest BCUT2D eigenvalue weighted by Crippen LogP contribution is -2.19. The van der Waals surface area contributed by atoms with Gasteiger partial charge in [-0.2, -0.15) is 0 Å². The largest absolute Gasteiger partial charge is 0.313 e. The van der Waals surface area contributed by atoms with Crippen molar-refractivity contribution in [1.29, 1.82) is 0 Å². The zero-order valence-corrected chi connectivity index (χ0v) is 13.5. The van der Waals surface area contributed by atoms with Crippen LogP contribution in [0, 0.1) is 13.8 Å². The number of hydrogen-bond donors (Lipinski definition) is 1. The van der Waals surface area contributed by atoms with E-state index in [-0.39, 0.29) is 6.04 Å². The number of benzene rings is 2. The summed E-state index contributed by atoms with van der Waals surface area (Å²) in [6.07, 6.45) is 0.885. The van der Waals surface area contributed by atoms with Crippen molar-refractivity contribution in [1.82, 2.24) is 5.32 Å². The van der Waals surface area contributed by atoms with Crippen LogP contribution in [0.2, 0.25) is 10.0 Å². The number of aryl methyl sites for hydroxylation is 2. The molecule has 2 aromatic carbocycles.